The van der Waals surface area contributed by atoms with Crippen LogP contribution in [0.15, 0.2) is 0 Å². The monoisotopic (exact) mass is 262 g/mol. The van der Waals surface area contributed by atoms with Crippen molar-refractivity contribution in [1.82, 2.24) is 9.03 Å². The second-order valence-electron chi connectivity index (χ2n) is 4.61. The predicted molar refractivity (Wildman–Crippen MR) is 68.0 cm³/mol. The molecule has 0 saturated carbocycles. The van der Waals surface area contributed by atoms with E-state index < -0.39 is 10.2 Å². The Morgan fingerprint density at radius 3 is 2.59 bits per heavy atom. The number of nitrogens with zero attached hydrogens (tertiary/aromatic N) is 1. The number of nitrogens with two attached hydrogens (primary N) is 1. The van der Waals surface area contributed by atoms with Crippen molar-refractivity contribution in [1.29, 1.82) is 5.41 Å². The van der Waals surface area contributed by atoms with Gasteiger partial charge < -0.3 is 5.73 Å². The number of rotatable bonds is 6. The van der Waals surface area contributed by atoms with E-state index in [4.69, 9.17) is 11.1 Å². The van der Waals surface area contributed by atoms with Crippen LogP contribution in [0.1, 0.15) is 32.6 Å². The highest BCUT2D eigenvalue weighted by Crippen LogP contribution is 2.17. The highest BCUT2D eigenvalue weighted by Gasteiger charge is 2.25. The molecule has 1 fully saturated rings. The van der Waals surface area contributed by atoms with Gasteiger partial charge in [-0.05, 0) is 25.2 Å². The molecule has 0 unspecified atom stereocenters. The van der Waals surface area contributed by atoms with Gasteiger partial charge in [-0.3, -0.25) is 5.41 Å². The van der Waals surface area contributed by atoms with Crippen molar-refractivity contribution in [3.8, 4) is 0 Å². The van der Waals surface area contributed by atoms with Gasteiger partial charge in [0.05, 0.1) is 5.84 Å². The Kier molecular flexibility index (Phi) is 5.35. The zero-order chi connectivity index (χ0) is 12.9. The Bertz CT molecular complexity index is 347. The van der Waals surface area contributed by atoms with Crippen molar-refractivity contribution in [3.05, 3.63) is 0 Å². The van der Waals surface area contributed by atoms with Gasteiger partial charge in [-0.15, -0.1) is 0 Å². The molecule has 7 heteroatoms. The Hall–Kier alpha value is -0.660. The van der Waals surface area contributed by atoms with Gasteiger partial charge in [-0.2, -0.15) is 12.7 Å². The van der Waals surface area contributed by atoms with E-state index in [-0.39, 0.29) is 5.84 Å². The van der Waals surface area contributed by atoms with E-state index in [1.165, 1.54) is 4.31 Å². The zero-order valence-corrected chi connectivity index (χ0v) is 11.1. The van der Waals surface area contributed by atoms with E-state index in [1.807, 2.05) is 0 Å². The lowest BCUT2D eigenvalue weighted by molar-refractivity contribution is 0.285. The Morgan fingerprint density at radius 2 is 2.06 bits per heavy atom. The molecule has 0 aromatic carbocycles. The van der Waals surface area contributed by atoms with Gasteiger partial charge in [0.25, 0.3) is 10.2 Å². The molecule has 0 bridgehead atoms. The average molecular weight is 262 g/mol. The highest BCUT2D eigenvalue weighted by atomic mass is 32.2. The van der Waals surface area contributed by atoms with Crippen LogP contribution >= 0.6 is 0 Å². The minimum absolute atomic E-state index is 0.0935. The van der Waals surface area contributed by atoms with Gasteiger partial charge >= 0.3 is 0 Å². The summed E-state index contributed by atoms with van der Waals surface area (Å²) in [7, 11) is -3.33. The molecule has 0 aromatic rings. The topological polar surface area (TPSA) is 99.3 Å². The number of amidine groups is 1. The summed E-state index contributed by atoms with van der Waals surface area (Å²) in [6.45, 7) is 3.69. The summed E-state index contributed by atoms with van der Waals surface area (Å²) < 4.78 is 27.8. The average Bonchev–Trinajstić information content (AvgIpc) is 2.25. The first-order valence-electron chi connectivity index (χ1n) is 5.99. The minimum Gasteiger partial charge on any atom is -0.388 e. The van der Waals surface area contributed by atoms with Crippen LogP contribution in [0.3, 0.4) is 0 Å². The Labute approximate surface area is 103 Å². The van der Waals surface area contributed by atoms with Crippen molar-refractivity contribution in [2.24, 2.45) is 11.7 Å². The van der Waals surface area contributed by atoms with Gasteiger partial charge in [0, 0.05) is 26.1 Å². The summed E-state index contributed by atoms with van der Waals surface area (Å²) in [6, 6.07) is 0. The van der Waals surface area contributed by atoms with E-state index in [9.17, 15) is 8.42 Å². The molecule has 1 aliphatic rings. The fourth-order valence-corrected chi connectivity index (χ4v) is 3.07. The third-order valence-electron chi connectivity index (χ3n) is 2.99. The molecule has 4 N–H and O–H groups in total. The fourth-order valence-electron chi connectivity index (χ4n) is 1.80. The van der Waals surface area contributed by atoms with Crippen molar-refractivity contribution < 1.29 is 8.42 Å². The normalized spacial score (nSPS) is 19.4. The molecule has 1 saturated heterocycles. The number of hydrogen-bond acceptors (Lipinski definition) is 3. The fraction of sp³-hybridized carbons (Fsp3) is 0.900. The van der Waals surface area contributed by atoms with Crippen LogP contribution in [-0.4, -0.2) is 38.2 Å². The second-order valence-corrected chi connectivity index (χ2v) is 6.36. The van der Waals surface area contributed by atoms with E-state index in [0.29, 0.717) is 38.4 Å². The first kappa shape index (κ1) is 14.4. The predicted octanol–water partition coefficient (Wildman–Crippen LogP) is 0.269. The van der Waals surface area contributed by atoms with E-state index >= 15 is 0 Å². The first-order chi connectivity index (χ1) is 7.92. The standard InChI is InChI=1S/C10H22N4O2S/c1-9-4-7-14(8-5-9)17(15,16)13-6-2-3-10(11)12/h9,13H,2-8H2,1H3,(H3,11,12). The molecule has 0 aliphatic carbocycles. The minimum atomic E-state index is -3.33. The van der Waals surface area contributed by atoms with Gasteiger partial charge in [0.1, 0.15) is 0 Å². The van der Waals surface area contributed by atoms with E-state index in [2.05, 4.69) is 11.6 Å². The summed E-state index contributed by atoms with van der Waals surface area (Å²) in [6.07, 6.45) is 2.85. The third kappa shape index (κ3) is 5.01. The maximum absolute atomic E-state index is 11.9. The Balaban J connectivity index is 2.33. The molecule has 0 amide bonds. The molecular weight excluding hydrogens is 240 g/mol. The van der Waals surface area contributed by atoms with Crippen molar-refractivity contribution in [3.63, 3.8) is 0 Å². The van der Waals surface area contributed by atoms with Crippen LogP contribution in [0.5, 0.6) is 0 Å². The summed E-state index contributed by atoms with van der Waals surface area (Å²) in [5, 5.41) is 7.04. The van der Waals surface area contributed by atoms with Crippen LogP contribution in [0.4, 0.5) is 0 Å². The van der Waals surface area contributed by atoms with Crippen LogP contribution in [0, 0.1) is 11.3 Å². The van der Waals surface area contributed by atoms with Crippen LogP contribution in [-0.2, 0) is 10.2 Å². The molecule has 17 heavy (non-hydrogen) atoms. The molecule has 0 spiro atoms. The summed E-state index contributed by atoms with van der Waals surface area (Å²) in [5.74, 6) is 0.704. The van der Waals surface area contributed by atoms with Crippen LogP contribution in [0.2, 0.25) is 0 Å². The molecular formula is C10H22N4O2S. The molecule has 0 aromatic heterocycles. The van der Waals surface area contributed by atoms with Crippen molar-refractivity contribution in [2.45, 2.75) is 32.6 Å². The van der Waals surface area contributed by atoms with Crippen LogP contribution < -0.4 is 10.5 Å². The maximum atomic E-state index is 11.9. The molecule has 1 rings (SSSR count). The largest absolute Gasteiger partial charge is 0.388 e. The summed E-state index contributed by atoms with van der Waals surface area (Å²) in [5.41, 5.74) is 5.20. The third-order valence-corrected chi connectivity index (χ3v) is 4.60. The van der Waals surface area contributed by atoms with E-state index in [0.717, 1.165) is 12.8 Å². The van der Waals surface area contributed by atoms with Crippen molar-refractivity contribution >= 4 is 16.0 Å². The lowest BCUT2D eigenvalue weighted by atomic mass is 10.0. The molecule has 0 radical (unpaired) electrons. The molecule has 6 nitrogen and oxygen atoms in total. The van der Waals surface area contributed by atoms with Crippen LogP contribution in [0.25, 0.3) is 0 Å². The van der Waals surface area contributed by atoms with E-state index in [1.54, 1.807) is 0 Å². The first-order valence-corrected chi connectivity index (χ1v) is 7.43. The maximum Gasteiger partial charge on any atom is 0.279 e. The smallest absolute Gasteiger partial charge is 0.279 e. The van der Waals surface area contributed by atoms with Crippen molar-refractivity contribution in [2.75, 3.05) is 19.6 Å². The number of piperidine rings is 1. The lowest BCUT2D eigenvalue weighted by Gasteiger charge is -2.29. The zero-order valence-electron chi connectivity index (χ0n) is 10.3. The number of nitrogens with one attached hydrogen (secondary N) is 2. The molecule has 0 atom stereocenters. The van der Waals surface area contributed by atoms with Gasteiger partial charge in [0.2, 0.25) is 0 Å². The SMILES string of the molecule is CC1CCN(S(=O)(=O)NCCCC(=N)N)CC1. The number of hydrogen-bond donors (Lipinski definition) is 3. The highest BCUT2D eigenvalue weighted by molar-refractivity contribution is 7.87. The second kappa shape index (κ2) is 6.32. The lowest BCUT2D eigenvalue weighted by Crippen LogP contribution is -2.45. The molecule has 100 valence electrons. The van der Waals surface area contributed by atoms with Gasteiger partial charge in [-0.25, -0.2) is 4.72 Å². The Morgan fingerprint density at radius 1 is 1.47 bits per heavy atom. The molecule has 1 heterocycles. The quantitative estimate of drug-likeness (QED) is 0.364. The molecule has 1 aliphatic heterocycles. The summed E-state index contributed by atoms with van der Waals surface area (Å²) in [4.78, 5) is 0. The van der Waals surface area contributed by atoms with Gasteiger partial charge in [0.15, 0.2) is 0 Å². The summed E-state index contributed by atoms with van der Waals surface area (Å²) >= 11 is 0. The van der Waals surface area contributed by atoms with Gasteiger partial charge in [-0.1, -0.05) is 6.92 Å².